The summed E-state index contributed by atoms with van der Waals surface area (Å²) in [5.74, 6) is -0.290. The van der Waals surface area contributed by atoms with Crippen molar-refractivity contribution in [3.63, 3.8) is 0 Å². The van der Waals surface area contributed by atoms with Crippen LogP contribution in [0, 0.1) is 0 Å². The van der Waals surface area contributed by atoms with Gasteiger partial charge in [0.05, 0.1) is 27.0 Å². The van der Waals surface area contributed by atoms with Crippen LogP contribution >= 0.6 is 34.8 Å². The normalized spacial score (nSPS) is 14.2. The Morgan fingerprint density at radius 1 is 0.963 bits per heavy atom. The number of para-hydroxylation sites is 1. The van der Waals surface area contributed by atoms with Crippen molar-refractivity contribution in [3.05, 3.63) is 57.0 Å². The molecule has 27 heavy (non-hydrogen) atoms. The monoisotopic (exact) mass is 425 g/mol. The van der Waals surface area contributed by atoms with Gasteiger partial charge in [-0.25, -0.2) is 0 Å². The molecule has 1 fully saturated rings. The number of amides is 2. The lowest BCUT2D eigenvalue weighted by molar-refractivity contribution is -0.129. The van der Waals surface area contributed by atoms with Gasteiger partial charge in [0, 0.05) is 38.1 Å². The Bertz CT molecular complexity index is 880. The van der Waals surface area contributed by atoms with E-state index in [2.05, 4.69) is 10.2 Å². The minimum atomic E-state index is -0.345. The van der Waals surface area contributed by atoms with Crippen LogP contribution in [0.5, 0.6) is 0 Å². The van der Waals surface area contributed by atoms with Crippen LogP contribution in [0.25, 0.3) is 0 Å². The lowest BCUT2D eigenvalue weighted by atomic mass is 10.1. The van der Waals surface area contributed by atoms with Gasteiger partial charge in [-0.1, -0.05) is 40.9 Å². The summed E-state index contributed by atoms with van der Waals surface area (Å²) in [6.45, 7) is 4.04. The number of carbonyl (C=O) groups excluding carboxylic acids is 2. The Morgan fingerprint density at radius 2 is 1.67 bits per heavy atom. The standard InChI is InChI=1S/C19H18Cl3N3O2/c1-12(26)24-7-9-25(10-8-24)18-15(21)3-2-4-17(18)23-19(27)14-6-5-13(20)11-16(14)22/h2-6,11H,7-10H2,1H3,(H,23,27). The molecule has 0 atom stereocenters. The zero-order chi connectivity index (χ0) is 19.6. The SMILES string of the molecule is CC(=O)N1CCN(c2c(Cl)cccc2NC(=O)c2ccc(Cl)cc2Cl)CC1. The van der Waals surface area contributed by atoms with E-state index in [-0.39, 0.29) is 16.8 Å². The summed E-state index contributed by atoms with van der Waals surface area (Å²) in [5.41, 5.74) is 1.66. The van der Waals surface area contributed by atoms with Crippen molar-refractivity contribution in [2.75, 3.05) is 36.4 Å². The van der Waals surface area contributed by atoms with Crippen molar-refractivity contribution in [2.45, 2.75) is 6.92 Å². The van der Waals surface area contributed by atoms with E-state index in [0.29, 0.717) is 47.5 Å². The Kier molecular flexibility index (Phi) is 6.15. The smallest absolute Gasteiger partial charge is 0.257 e. The third-order valence-corrected chi connectivity index (χ3v) is 5.30. The van der Waals surface area contributed by atoms with E-state index in [0.717, 1.165) is 5.69 Å². The van der Waals surface area contributed by atoms with E-state index in [1.807, 2.05) is 0 Å². The number of benzene rings is 2. The molecule has 1 aliphatic rings. The molecule has 0 aromatic heterocycles. The first-order valence-electron chi connectivity index (χ1n) is 8.42. The molecular weight excluding hydrogens is 409 g/mol. The highest BCUT2D eigenvalue weighted by atomic mass is 35.5. The molecule has 8 heteroatoms. The molecule has 1 saturated heterocycles. The Morgan fingerprint density at radius 3 is 2.30 bits per heavy atom. The Hall–Kier alpha value is -1.95. The zero-order valence-electron chi connectivity index (χ0n) is 14.6. The molecule has 1 heterocycles. The van der Waals surface area contributed by atoms with Crippen LogP contribution in [0.2, 0.25) is 15.1 Å². The van der Waals surface area contributed by atoms with Gasteiger partial charge in [-0.05, 0) is 30.3 Å². The maximum absolute atomic E-state index is 12.7. The van der Waals surface area contributed by atoms with E-state index < -0.39 is 0 Å². The van der Waals surface area contributed by atoms with Gasteiger partial charge >= 0.3 is 0 Å². The summed E-state index contributed by atoms with van der Waals surface area (Å²) in [6.07, 6.45) is 0. The maximum atomic E-state index is 12.7. The number of carbonyl (C=O) groups is 2. The fraction of sp³-hybridized carbons (Fsp3) is 0.263. The fourth-order valence-corrected chi connectivity index (χ4v) is 3.83. The largest absolute Gasteiger partial charge is 0.365 e. The summed E-state index contributed by atoms with van der Waals surface area (Å²) < 4.78 is 0. The second-order valence-corrected chi connectivity index (χ2v) is 7.46. The fourth-order valence-electron chi connectivity index (χ4n) is 3.05. The molecule has 1 N–H and O–H groups in total. The molecule has 0 aliphatic carbocycles. The predicted molar refractivity (Wildman–Crippen MR) is 110 cm³/mol. The van der Waals surface area contributed by atoms with Gasteiger partial charge in [0.25, 0.3) is 5.91 Å². The molecule has 0 spiro atoms. The third kappa shape index (κ3) is 4.49. The van der Waals surface area contributed by atoms with Crippen molar-refractivity contribution in [2.24, 2.45) is 0 Å². The van der Waals surface area contributed by atoms with Crippen LogP contribution in [0.15, 0.2) is 36.4 Å². The number of hydrogen-bond donors (Lipinski definition) is 1. The quantitative estimate of drug-likeness (QED) is 0.782. The molecule has 0 bridgehead atoms. The van der Waals surface area contributed by atoms with Gasteiger partial charge in [0.1, 0.15) is 0 Å². The number of rotatable bonds is 3. The van der Waals surface area contributed by atoms with Gasteiger partial charge in [-0.3, -0.25) is 9.59 Å². The lowest BCUT2D eigenvalue weighted by Crippen LogP contribution is -2.48. The van der Waals surface area contributed by atoms with Crippen molar-refractivity contribution in [3.8, 4) is 0 Å². The van der Waals surface area contributed by atoms with Crippen molar-refractivity contribution in [1.29, 1.82) is 0 Å². The predicted octanol–water partition coefficient (Wildman–Crippen LogP) is 4.57. The average molecular weight is 427 g/mol. The third-order valence-electron chi connectivity index (χ3n) is 4.45. The van der Waals surface area contributed by atoms with Crippen LogP contribution in [0.4, 0.5) is 11.4 Å². The number of piperazine rings is 1. The summed E-state index contributed by atoms with van der Waals surface area (Å²) in [4.78, 5) is 28.1. The summed E-state index contributed by atoms with van der Waals surface area (Å²) >= 11 is 18.5. The summed E-state index contributed by atoms with van der Waals surface area (Å²) in [7, 11) is 0. The van der Waals surface area contributed by atoms with E-state index in [1.165, 1.54) is 6.07 Å². The van der Waals surface area contributed by atoms with Crippen molar-refractivity contribution in [1.82, 2.24) is 4.90 Å². The molecule has 2 aromatic carbocycles. The number of nitrogens with one attached hydrogen (secondary N) is 1. The van der Waals surface area contributed by atoms with Crippen molar-refractivity contribution >= 4 is 58.0 Å². The van der Waals surface area contributed by atoms with Gasteiger partial charge in [-0.15, -0.1) is 0 Å². The number of halogens is 3. The molecule has 0 unspecified atom stereocenters. The molecule has 0 saturated carbocycles. The van der Waals surface area contributed by atoms with E-state index >= 15 is 0 Å². The first kappa shape index (κ1) is 19.8. The van der Waals surface area contributed by atoms with E-state index in [4.69, 9.17) is 34.8 Å². The minimum absolute atomic E-state index is 0.0553. The first-order valence-corrected chi connectivity index (χ1v) is 9.55. The number of hydrogen-bond acceptors (Lipinski definition) is 3. The van der Waals surface area contributed by atoms with Gasteiger partial charge < -0.3 is 15.1 Å². The molecule has 1 aliphatic heterocycles. The second kappa shape index (κ2) is 8.38. The Balaban J connectivity index is 1.84. The molecular formula is C19H18Cl3N3O2. The van der Waals surface area contributed by atoms with Gasteiger partial charge in [-0.2, -0.15) is 0 Å². The van der Waals surface area contributed by atoms with Crippen LogP contribution in [-0.4, -0.2) is 42.9 Å². The Labute approximate surface area is 172 Å². The second-order valence-electron chi connectivity index (χ2n) is 6.21. The summed E-state index contributed by atoms with van der Waals surface area (Å²) in [6, 6.07) is 10.1. The topological polar surface area (TPSA) is 52.7 Å². The highest BCUT2D eigenvalue weighted by Gasteiger charge is 2.23. The highest BCUT2D eigenvalue weighted by molar-refractivity contribution is 6.37. The number of nitrogens with zero attached hydrogens (tertiary/aromatic N) is 2. The maximum Gasteiger partial charge on any atom is 0.257 e. The highest BCUT2D eigenvalue weighted by Crippen LogP contribution is 2.35. The van der Waals surface area contributed by atoms with Crippen LogP contribution < -0.4 is 10.2 Å². The summed E-state index contributed by atoms with van der Waals surface area (Å²) in [5, 5.41) is 4.16. The van der Waals surface area contributed by atoms with Crippen LogP contribution in [-0.2, 0) is 4.79 Å². The average Bonchev–Trinajstić information content (AvgIpc) is 2.62. The van der Waals surface area contributed by atoms with Gasteiger partial charge in [0.2, 0.25) is 5.91 Å². The molecule has 2 aromatic rings. The van der Waals surface area contributed by atoms with Crippen LogP contribution in [0.1, 0.15) is 17.3 Å². The van der Waals surface area contributed by atoms with Gasteiger partial charge in [0.15, 0.2) is 0 Å². The molecule has 142 valence electrons. The first-order chi connectivity index (χ1) is 12.9. The van der Waals surface area contributed by atoms with Crippen LogP contribution in [0.3, 0.4) is 0 Å². The van der Waals surface area contributed by atoms with E-state index in [9.17, 15) is 9.59 Å². The zero-order valence-corrected chi connectivity index (χ0v) is 16.9. The molecule has 5 nitrogen and oxygen atoms in total. The molecule has 0 radical (unpaired) electrons. The van der Waals surface area contributed by atoms with Crippen molar-refractivity contribution < 1.29 is 9.59 Å². The van der Waals surface area contributed by atoms with E-state index in [1.54, 1.807) is 42.2 Å². The lowest BCUT2D eigenvalue weighted by Gasteiger charge is -2.37. The molecule has 3 rings (SSSR count). The molecule has 2 amide bonds. The minimum Gasteiger partial charge on any atom is -0.365 e. The number of anilines is 2.